The number of anilines is 4. The van der Waals surface area contributed by atoms with E-state index >= 15 is 0 Å². The smallest absolute Gasteiger partial charge is 0.108 e. The van der Waals surface area contributed by atoms with Gasteiger partial charge < -0.3 is 14.4 Å². The van der Waals surface area contributed by atoms with Gasteiger partial charge in [0.15, 0.2) is 0 Å². The van der Waals surface area contributed by atoms with Gasteiger partial charge in [0.1, 0.15) is 6.17 Å². The van der Waals surface area contributed by atoms with Crippen molar-refractivity contribution in [2.45, 2.75) is 61.1 Å². The van der Waals surface area contributed by atoms with E-state index in [0.29, 0.717) is 0 Å². The number of para-hydroxylation sites is 2. The summed E-state index contributed by atoms with van der Waals surface area (Å²) in [6, 6.07) is 39.3. The monoisotopic (exact) mass is 623 g/mol. The molecule has 0 bridgehead atoms. The fourth-order valence-corrected chi connectivity index (χ4v) is 8.95. The molecule has 0 fully saturated rings. The lowest BCUT2D eigenvalue weighted by molar-refractivity contribution is 0.757. The molecule has 9 rings (SSSR count). The number of rotatable bonds is 2. The molecule has 3 nitrogen and oxygen atoms in total. The van der Waals surface area contributed by atoms with Gasteiger partial charge >= 0.3 is 0 Å². The van der Waals surface area contributed by atoms with E-state index < -0.39 is 0 Å². The predicted octanol–water partition coefficient (Wildman–Crippen LogP) is 12.2. The van der Waals surface area contributed by atoms with Gasteiger partial charge in [0.05, 0.1) is 33.8 Å². The van der Waals surface area contributed by atoms with E-state index in [1.54, 1.807) is 0 Å². The number of fused-ring (bicyclic) bond motifs is 9. The molecular formula is C45H41N3. The summed E-state index contributed by atoms with van der Waals surface area (Å²) in [5.74, 6) is 0. The Kier molecular flexibility index (Phi) is 6.24. The highest BCUT2D eigenvalue weighted by Crippen LogP contribution is 2.57. The molecule has 0 amide bonds. The fourth-order valence-electron chi connectivity index (χ4n) is 8.95. The zero-order chi connectivity index (χ0) is 33.0. The number of aryl methyl sites for hydroxylation is 5. The highest BCUT2D eigenvalue weighted by atomic mass is 15.4. The summed E-state index contributed by atoms with van der Waals surface area (Å²) in [6.07, 6.45) is 1.06. The Morgan fingerprint density at radius 1 is 0.562 bits per heavy atom. The van der Waals surface area contributed by atoms with E-state index in [0.717, 1.165) is 6.42 Å². The van der Waals surface area contributed by atoms with E-state index in [4.69, 9.17) is 0 Å². The third kappa shape index (κ3) is 3.82. The van der Waals surface area contributed by atoms with Gasteiger partial charge in [0.2, 0.25) is 0 Å². The third-order valence-corrected chi connectivity index (χ3v) is 11.0. The molecule has 0 saturated heterocycles. The van der Waals surface area contributed by atoms with Crippen LogP contribution < -0.4 is 9.80 Å². The molecule has 3 heteroatoms. The maximum Gasteiger partial charge on any atom is 0.108 e. The summed E-state index contributed by atoms with van der Waals surface area (Å²) in [4.78, 5) is 5.25. The molecular weight excluding hydrogens is 583 g/mol. The summed E-state index contributed by atoms with van der Waals surface area (Å²) in [6.45, 7) is 16.0. The normalized spacial score (nSPS) is 14.8. The second-order valence-corrected chi connectivity index (χ2v) is 14.0. The number of hydrogen-bond acceptors (Lipinski definition) is 2. The van der Waals surface area contributed by atoms with Crippen LogP contribution in [-0.2, 0) is 6.42 Å². The standard InChI is InChI=1S/C45H41N3/c1-8-32-14-10-18-38(30(32)6)46-31(7)47-43-29(5)23-27(3)25-37(43)34-16-11-15-33-36-24-26(2)21-22-39(36)48(44(33)34)40-19-9-13-28(4)42(40)35-17-12-20-41(46)45(35)47/h9-25,31H,8H2,1-7H3/t31-/m1/s1. The largest absolute Gasteiger partial charge is 0.318 e. The third-order valence-electron chi connectivity index (χ3n) is 11.0. The van der Waals surface area contributed by atoms with Crippen LogP contribution in [0.3, 0.4) is 0 Å². The van der Waals surface area contributed by atoms with E-state index in [-0.39, 0.29) is 6.17 Å². The van der Waals surface area contributed by atoms with Crippen LogP contribution in [0.5, 0.6) is 0 Å². The van der Waals surface area contributed by atoms with E-state index in [2.05, 4.69) is 166 Å². The Morgan fingerprint density at radius 3 is 2.12 bits per heavy atom. The lowest BCUT2D eigenvalue weighted by atomic mass is 9.91. The van der Waals surface area contributed by atoms with Crippen LogP contribution in [0.25, 0.3) is 49.7 Å². The highest BCUT2D eigenvalue weighted by Gasteiger charge is 2.40. The van der Waals surface area contributed by atoms with Gasteiger partial charge in [-0.3, -0.25) is 0 Å². The molecule has 3 heterocycles. The molecule has 236 valence electrons. The van der Waals surface area contributed by atoms with Gasteiger partial charge in [-0.05, 0) is 107 Å². The Balaban J connectivity index is 1.51. The predicted molar refractivity (Wildman–Crippen MR) is 205 cm³/mol. The fraction of sp³-hybridized carbons (Fsp3) is 0.200. The van der Waals surface area contributed by atoms with Crippen LogP contribution in [0.4, 0.5) is 22.7 Å². The van der Waals surface area contributed by atoms with Crippen LogP contribution in [-0.4, -0.2) is 10.7 Å². The van der Waals surface area contributed by atoms with Crippen LogP contribution >= 0.6 is 0 Å². The minimum Gasteiger partial charge on any atom is -0.318 e. The van der Waals surface area contributed by atoms with Crippen LogP contribution in [0.2, 0.25) is 0 Å². The zero-order valence-corrected chi connectivity index (χ0v) is 28.9. The topological polar surface area (TPSA) is 11.4 Å². The first-order chi connectivity index (χ1) is 23.3. The van der Waals surface area contributed by atoms with Crippen molar-refractivity contribution in [2.75, 3.05) is 9.80 Å². The van der Waals surface area contributed by atoms with Crippen molar-refractivity contribution in [2.24, 2.45) is 0 Å². The van der Waals surface area contributed by atoms with Gasteiger partial charge in [-0.2, -0.15) is 0 Å². The first kappa shape index (κ1) is 28.9. The highest BCUT2D eigenvalue weighted by molar-refractivity contribution is 6.16. The molecule has 0 unspecified atom stereocenters. The van der Waals surface area contributed by atoms with Gasteiger partial charge in [-0.25, -0.2) is 0 Å². The van der Waals surface area contributed by atoms with Gasteiger partial charge in [0, 0.05) is 38.7 Å². The summed E-state index contributed by atoms with van der Waals surface area (Å²) in [7, 11) is 0. The maximum atomic E-state index is 2.66. The van der Waals surface area contributed by atoms with Crippen molar-refractivity contribution in [1.82, 2.24) is 4.57 Å². The van der Waals surface area contributed by atoms with Crippen molar-refractivity contribution in [3.8, 4) is 27.9 Å². The molecule has 7 aromatic rings. The summed E-state index contributed by atoms with van der Waals surface area (Å²) in [5.41, 5.74) is 21.8. The summed E-state index contributed by atoms with van der Waals surface area (Å²) in [5, 5.41) is 2.59. The van der Waals surface area contributed by atoms with Crippen molar-refractivity contribution in [3.05, 3.63) is 137 Å². The zero-order valence-electron chi connectivity index (χ0n) is 28.9. The van der Waals surface area contributed by atoms with Crippen LogP contribution in [0.15, 0.2) is 103 Å². The SMILES string of the molecule is CCc1cccc(N2c3cccc4c3N(c3c(C)cc(C)cc3-c3cccc5c6cc(C)ccc6n(c35)-c3cccc(C)c3-4)[C@@H]2C)c1C. The maximum absolute atomic E-state index is 2.66. The van der Waals surface area contributed by atoms with E-state index in [1.807, 2.05) is 0 Å². The van der Waals surface area contributed by atoms with Gasteiger partial charge in [-0.1, -0.05) is 84.8 Å². The van der Waals surface area contributed by atoms with Gasteiger partial charge in [-0.15, -0.1) is 0 Å². The lowest BCUT2D eigenvalue weighted by Gasteiger charge is -2.35. The summed E-state index contributed by atoms with van der Waals surface area (Å²) < 4.78 is 2.56. The van der Waals surface area contributed by atoms with Crippen molar-refractivity contribution < 1.29 is 0 Å². The first-order valence-corrected chi connectivity index (χ1v) is 17.3. The first-order valence-electron chi connectivity index (χ1n) is 17.3. The molecule has 6 aromatic carbocycles. The molecule has 0 radical (unpaired) electrons. The van der Waals surface area contributed by atoms with E-state index in [9.17, 15) is 0 Å². The molecule has 2 aliphatic heterocycles. The van der Waals surface area contributed by atoms with Crippen molar-refractivity contribution in [3.63, 3.8) is 0 Å². The molecule has 2 aliphatic rings. The number of nitrogens with zero attached hydrogens (tertiary/aromatic N) is 3. The average Bonchev–Trinajstić information content (AvgIpc) is 3.55. The quantitative estimate of drug-likeness (QED) is 0.190. The molecule has 0 aliphatic carbocycles. The second kappa shape index (κ2) is 10.4. The van der Waals surface area contributed by atoms with Crippen molar-refractivity contribution >= 4 is 44.6 Å². The number of benzene rings is 6. The summed E-state index contributed by atoms with van der Waals surface area (Å²) >= 11 is 0. The Labute approximate surface area is 283 Å². The molecule has 48 heavy (non-hydrogen) atoms. The van der Waals surface area contributed by atoms with Crippen molar-refractivity contribution in [1.29, 1.82) is 0 Å². The molecule has 0 saturated carbocycles. The molecule has 0 N–H and O–H groups in total. The molecule has 1 atom stereocenters. The Hall–Kier alpha value is -5.28. The van der Waals surface area contributed by atoms with Crippen LogP contribution in [0.1, 0.15) is 47.2 Å². The molecule has 1 aromatic heterocycles. The van der Waals surface area contributed by atoms with E-state index in [1.165, 1.54) is 106 Å². The second-order valence-electron chi connectivity index (χ2n) is 14.0. The van der Waals surface area contributed by atoms with Crippen LogP contribution in [0, 0.1) is 34.6 Å². The molecule has 0 spiro atoms. The van der Waals surface area contributed by atoms with Gasteiger partial charge in [0.25, 0.3) is 0 Å². The minimum atomic E-state index is 0.0479. The Bertz CT molecular complexity index is 2480. The lowest BCUT2D eigenvalue weighted by Crippen LogP contribution is -2.36. The number of hydrogen-bond donors (Lipinski definition) is 0. The Morgan fingerprint density at radius 2 is 1.29 bits per heavy atom. The minimum absolute atomic E-state index is 0.0479. The average molecular weight is 624 g/mol. The number of aromatic nitrogens is 1.